The highest BCUT2D eigenvalue weighted by Crippen LogP contribution is 2.24. The van der Waals surface area contributed by atoms with Crippen molar-refractivity contribution in [2.24, 2.45) is 13.0 Å². The highest BCUT2D eigenvalue weighted by atomic mass is 16.2. The summed E-state index contributed by atoms with van der Waals surface area (Å²) in [4.78, 5) is 48.6. The van der Waals surface area contributed by atoms with Crippen molar-refractivity contribution in [2.75, 3.05) is 49.1 Å². The van der Waals surface area contributed by atoms with Gasteiger partial charge in [-0.3, -0.25) is 18.7 Å². The quantitative estimate of drug-likeness (QED) is 0.709. The summed E-state index contributed by atoms with van der Waals surface area (Å²) in [7, 11) is 1.49. The smallest absolute Gasteiger partial charge is 0.332 e. The number of piperazine rings is 1. The molecule has 2 saturated heterocycles. The Balaban J connectivity index is 1.44. The van der Waals surface area contributed by atoms with E-state index in [0.717, 1.165) is 42.9 Å². The van der Waals surface area contributed by atoms with Gasteiger partial charge < -0.3 is 14.7 Å². The molecule has 2 aromatic heterocycles. The molecule has 2 aliphatic heterocycles. The van der Waals surface area contributed by atoms with Crippen LogP contribution in [-0.4, -0.2) is 64.2 Å². The van der Waals surface area contributed by atoms with Gasteiger partial charge in [0.25, 0.3) is 5.56 Å². The van der Waals surface area contributed by atoms with Crippen molar-refractivity contribution in [3.63, 3.8) is 0 Å². The highest BCUT2D eigenvalue weighted by molar-refractivity contribution is 5.80. The number of carbonyl (C=O) groups is 1. The van der Waals surface area contributed by atoms with Crippen LogP contribution in [-0.2, 0) is 18.4 Å². The molecule has 1 unspecified atom stereocenters. The summed E-state index contributed by atoms with van der Waals surface area (Å²) in [5.41, 5.74) is -0.632. The Kier molecular flexibility index (Phi) is 6.11. The first-order valence-electron chi connectivity index (χ1n) is 11.0. The summed E-state index contributed by atoms with van der Waals surface area (Å²) < 4.78 is 2.74. The normalized spacial score (nSPS) is 19.5. The number of piperidine rings is 1. The lowest BCUT2D eigenvalue weighted by Crippen LogP contribution is -2.53. The zero-order valence-electron chi connectivity index (χ0n) is 18.2. The summed E-state index contributed by atoms with van der Waals surface area (Å²) in [5, 5.41) is 0. The molecule has 0 saturated carbocycles. The Labute approximate surface area is 181 Å². The molecule has 0 bridgehead atoms. The van der Waals surface area contributed by atoms with Crippen molar-refractivity contribution in [1.29, 1.82) is 0 Å². The van der Waals surface area contributed by atoms with Crippen molar-refractivity contribution < 1.29 is 4.79 Å². The zero-order valence-corrected chi connectivity index (χ0v) is 18.2. The Morgan fingerprint density at radius 1 is 1.10 bits per heavy atom. The predicted octanol–water partition coefficient (Wildman–Crippen LogP) is 0.527. The summed E-state index contributed by atoms with van der Waals surface area (Å²) in [6.45, 7) is 6.53. The van der Waals surface area contributed by atoms with Crippen LogP contribution in [0.2, 0.25) is 0 Å². The second-order valence-corrected chi connectivity index (χ2v) is 8.21. The van der Waals surface area contributed by atoms with Crippen molar-refractivity contribution in [3.05, 3.63) is 51.3 Å². The van der Waals surface area contributed by atoms with Crippen LogP contribution in [0.15, 0.2) is 40.1 Å². The van der Waals surface area contributed by atoms with Crippen LogP contribution < -0.4 is 21.0 Å². The average Bonchev–Trinajstić information content (AvgIpc) is 2.82. The third-order valence-corrected chi connectivity index (χ3v) is 6.35. The Morgan fingerprint density at radius 2 is 1.87 bits per heavy atom. The Bertz CT molecular complexity index is 1040. The van der Waals surface area contributed by atoms with Crippen LogP contribution in [0.4, 0.5) is 11.6 Å². The second-order valence-electron chi connectivity index (χ2n) is 8.21. The van der Waals surface area contributed by atoms with E-state index in [1.54, 1.807) is 10.8 Å². The van der Waals surface area contributed by atoms with Gasteiger partial charge in [0.15, 0.2) is 0 Å². The third kappa shape index (κ3) is 4.22. The van der Waals surface area contributed by atoms with Crippen LogP contribution in [0, 0.1) is 5.92 Å². The molecule has 9 heteroatoms. The van der Waals surface area contributed by atoms with Gasteiger partial charge in [-0.05, 0) is 31.9 Å². The Morgan fingerprint density at radius 3 is 2.55 bits per heavy atom. The van der Waals surface area contributed by atoms with Crippen LogP contribution in [0.1, 0.15) is 19.8 Å². The molecule has 0 N–H and O–H groups in total. The lowest BCUT2D eigenvalue weighted by Gasteiger charge is -2.40. The summed E-state index contributed by atoms with van der Waals surface area (Å²) >= 11 is 0. The number of nitrogens with zero attached hydrogens (tertiary/aromatic N) is 6. The number of amides is 1. The number of anilines is 2. The molecule has 4 heterocycles. The van der Waals surface area contributed by atoms with Crippen molar-refractivity contribution >= 4 is 17.5 Å². The molecule has 2 fully saturated rings. The van der Waals surface area contributed by atoms with Gasteiger partial charge in [-0.1, -0.05) is 6.07 Å². The monoisotopic (exact) mass is 426 g/mol. The Hall–Kier alpha value is -3.10. The first-order chi connectivity index (χ1) is 15.0. The first-order valence-corrected chi connectivity index (χ1v) is 11.0. The van der Waals surface area contributed by atoms with Crippen molar-refractivity contribution in [2.45, 2.75) is 26.3 Å². The first kappa shape index (κ1) is 21.1. The van der Waals surface area contributed by atoms with Gasteiger partial charge in [0.2, 0.25) is 5.91 Å². The van der Waals surface area contributed by atoms with Gasteiger partial charge in [-0.15, -0.1) is 0 Å². The maximum atomic E-state index is 13.2. The van der Waals surface area contributed by atoms with Crippen LogP contribution in [0.25, 0.3) is 0 Å². The molecule has 31 heavy (non-hydrogen) atoms. The standard InChI is InChI=1S/C22H30N6O3/c1-3-28-19(15-20(29)24(2)22(28)31)27-10-6-7-17(16-27)21(30)26-13-11-25(12-14-26)18-8-4-5-9-23-18/h4-5,8-9,15,17H,3,6-7,10-14,16H2,1-2H3. The van der Waals surface area contributed by atoms with Gasteiger partial charge in [-0.25, -0.2) is 9.78 Å². The molecule has 2 aliphatic rings. The van der Waals surface area contributed by atoms with E-state index in [1.165, 1.54) is 13.1 Å². The van der Waals surface area contributed by atoms with E-state index in [1.807, 2.05) is 34.9 Å². The van der Waals surface area contributed by atoms with Crippen molar-refractivity contribution in [3.8, 4) is 0 Å². The molecule has 1 amide bonds. The molecule has 0 spiro atoms. The van der Waals surface area contributed by atoms with Gasteiger partial charge in [0.1, 0.15) is 11.6 Å². The van der Waals surface area contributed by atoms with Gasteiger partial charge in [0, 0.05) is 65.1 Å². The summed E-state index contributed by atoms with van der Waals surface area (Å²) in [5.74, 6) is 1.61. The van der Waals surface area contributed by atoms with E-state index >= 15 is 0 Å². The third-order valence-electron chi connectivity index (χ3n) is 6.35. The summed E-state index contributed by atoms with van der Waals surface area (Å²) in [6.07, 6.45) is 3.48. The molecule has 4 rings (SSSR count). The fourth-order valence-electron chi connectivity index (χ4n) is 4.56. The molecule has 0 aromatic carbocycles. The fraction of sp³-hybridized carbons (Fsp3) is 0.545. The molecule has 166 valence electrons. The van der Waals surface area contributed by atoms with E-state index < -0.39 is 0 Å². The number of hydrogen-bond donors (Lipinski definition) is 0. The van der Waals surface area contributed by atoms with Crippen molar-refractivity contribution in [1.82, 2.24) is 19.0 Å². The van der Waals surface area contributed by atoms with Gasteiger partial charge in [-0.2, -0.15) is 0 Å². The second kappa shape index (κ2) is 8.95. The maximum absolute atomic E-state index is 13.2. The van der Waals surface area contributed by atoms with E-state index in [-0.39, 0.29) is 23.1 Å². The maximum Gasteiger partial charge on any atom is 0.332 e. The van der Waals surface area contributed by atoms with Crippen LogP contribution in [0.3, 0.4) is 0 Å². The lowest BCUT2D eigenvalue weighted by atomic mass is 9.96. The molecule has 9 nitrogen and oxygen atoms in total. The molecule has 2 aromatic rings. The minimum atomic E-state index is -0.316. The number of carbonyl (C=O) groups excluding carboxylic acids is 1. The number of rotatable bonds is 4. The molecular formula is C22H30N6O3. The summed E-state index contributed by atoms with van der Waals surface area (Å²) in [6, 6.07) is 7.39. The average molecular weight is 427 g/mol. The molecule has 0 radical (unpaired) electrons. The van der Waals surface area contributed by atoms with E-state index in [2.05, 4.69) is 9.88 Å². The van der Waals surface area contributed by atoms with Gasteiger partial charge in [0.05, 0.1) is 5.92 Å². The highest BCUT2D eigenvalue weighted by Gasteiger charge is 2.32. The SMILES string of the molecule is CCn1c(N2CCCC(C(=O)N3CCN(c4ccccn4)CC3)C2)cc(=O)n(C)c1=O. The fourth-order valence-corrected chi connectivity index (χ4v) is 4.56. The van der Waals surface area contributed by atoms with Crippen LogP contribution in [0.5, 0.6) is 0 Å². The largest absolute Gasteiger partial charge is 0.357 e. The zero-order chi connectivity index (χ0) is 22.0. The minimum Gasteiger partial charge on any atom is -0.357 e. The van der Waals surface area contributed by atoms with Gasteiger partial charge >= 0.3 is 5.69 Å². The molecule has 0 aliphatic carbocycles. The minimum absolute atomic E-state index is 0.125. The van der Waals surface area contributed by atoms with E-state index in [4.69, 9.17) is 0 Å². The predicted molar refractivity (Wildman–Crippen MR) is 120 cm³/mol. The number of pyridine rings is 1. The van der Waals surface area contributed by atoms with Crippen LogP contribution >= 0.6 is 0 Å². The molecule has 1 atom stereocenters. The topological polar surface area (TPSA) is 83.7 Å². The van der Waals surface area contributed by atoms with E-state index in [0.29, 0.717) is 32.0 Å². The number of hydrogen-bond acceptors (Lipinski definition) is 6. The molecular weight excluding hydrogens is 396 g/mol. The lowest BCUT2D eigenvalue weighted by molar-refractivity contribution is -0.136. The van der Waals surface area contributed by atoms with E-state index in [9.17, 15) is 14.4 Å². The number of aromatic nitrogens is 3.